The van der Waals surface area contributed by atoms with E-state index in [0.717, 1.165) is 10.0 Å². The third-order valence-electron chi connectivity index (χ3n) is 6.01. The molecule has 0 amide bonds. The molecule has 1 unspecified atom stereocenters. The second kappa shape index (κ2) is 9.39. The maximum atomic E-state index is 13.2. The molecule has 186 valence electrons. The van der Waals surface area contributed by atoms with Gasteiger partial charge >= 0.3 is 12.5 Å². The number of aliphatic hydroxyl groups is 1. The van der Waals surface area contributed by atoms with Gasteiger partial charge in [0, 0.05) is 22.1 Å². The van der Waals surface area contributed by atoms with Gasteiger partial charge in [0.25, 0.3) is 0 Å². The van der Waals surface area contributed by atoms with Crippen LogP contribution < -0.4 is 9.64 Å². The normalized spacial score (nSPS) is 18.9. The van der Waals surface area contributed by atoms with Crippen LogP contribution in [0.15, 0.2) is 77.3 Å². The molecule has 3 nitrogen and oxygen atoms in total. The summed E-state index contributed by atoms with van der Waals surface area (Å²) in [4.78, 5) is 1.43. The minimum Gasteiger partial charge on any atom is -0.406 e. The lowest BCUT2D eigenvalue weighted by Gasteiger charge is -2.33. The Kier molecular flexibility index (Phi) is 6.80. The van der Waals surface area contributed by atoms with Gasteiger partial charge in [-0.3, -0.25) is 0 Å². The number of nitrogens with zero attached hydrogens (tertiary/aromatic N) is 1. The molecular formula is C25H20BrF6NO2. The maximum absolute atomic E-state index is 13.2. The van der Waals surface area contributed by atoms with Gasteiger partial charge in [-0.25, -0.2) is 0 Å². The summed E-state index contributed by atoms with van der Waals surface area (Å²) in [6.45, 7) is -0.693. The standard InChI is InChI=1S/C25H20BrF6NO2/c26-18-7-3-5-16(11-18)13-23(17-6-4-8-19(12-17)35-25(30,31)32)15-33(14-22(34)24(27,28)29)21-10-2-1-9-20(21)23/h1-12,22,34H,13-15H2/t22-,23?/m1/s1. The first-order valence-electron chi connectivity index (χ1n) is 10.6. The third kappa shape index (κ3) is 5.59. The molecule has 0 saturated carbocycles. The maximum Gasteiger partial charge on any atom is 0.573 e. The van der Waals surface area contributed by atoms with Gasteiger partial charge in [0.2, 0.25) is 0 Å². The van der Waals surface area contributed by atoms with Crippen LogP contribution in [0.5, 0.6) is 5.75 Å². The molecule has 0 fully saturated rings. The fraction of sp³-hybridized carbons (Fsp3) is 0.280. The van der Waals surface area contributed by atoms with Crippen LogP contribution in [0.1, 0.15) is 16.7 Å². The topological polar surface area (TPSA) is 32.7 Å². The summed E-state index contributed by atoms with van der Waals surface area (Å²) < 4.78 is 83.3. The van der Waals surface area contributed by atoms with Gasteiger partial charge in [-0.1, -0.05) is 58.4 Å². The zero-order valence-electron chi connectivity index (χ0n) is 18.1. The Balaban J connectivity index is 1.85. The van der Waals surface area contributed by atoms with E-state index in [1.54, 1.807) is 30.3 Å². The lowest BCUT2D eigenvalue weighted by Crippen LogP contribution is -2.44. The summed E-state index contributed by atoms with van der Waals surface area (Å²) in [5.74, 6) is -0.421. The van der Waals surface area contributed by atoms with E-state index in [9.17, 15) is 31.4 Å². The Morgan fingerprint density at radius 2 is 1.66 bits per heavy atom. The number of alkyl halides is 6. The SMILES string of the molecule is O[C@H](CN1CC(Cc2cccc(Br)c2)(c2cccc(OC(F)(F)F)c2)c2ccccc21)C(F)(F)F. The summed E-state index contributed by atoms with van der Waals surface area (Å²) >= 11 is 3.41. The number of hydrogen-bond acceptors (Lipinski definition) is 3. The Morgan fingerprint density at radius 1 is 0.943 bits per heavy atom. The molecule has 0 aromatic heterocycles. The van der Waals surface area contributed by atoms with Crippen LogP contribution in [0.2, 0.25) is 0 Å². The zero-order valence-corrected chi connectivity index (χ0v) is 19.7. The zero-order chi connectivity index (χ0) is 25.4. The van der Waals surface area contributed by atoms with Crippen LogP contribution in [0.3, 0.4) is 0 Å². The number of rotatable bonds is 6. The predicted molar refractivity (Wildman–Crippen MR) is 122 cm³/mol. The van der Waals surface area contributed by atoms with Crippen molar-refractivity contribution in [2.24, 2.45) is 0 Å². The summed E-state index contributed by atoms with van der Waals surface area (Å²) in [6.07, 6.45) is -12.0. The molecule has 4 rings (SSSR count). The molecule has 1 heterocycles. The van der Waals surface area contributed by atoms with Crippen LogP contribution in [-0.2, 0) is 11.8 Å². The number of aliphatic hydroxyl groups excluding tert-OH is 1. The minimum atomic E-state index is -4.90. The minimum absolute atomic E-state index is 0.0153. The summed E-state index contributed by atoms with van der Waals surface area (Å²) in [5, 5.41) is 9.79. The summed E-state index contributed by atoms with van der Waals surface area (Å²) in [7, 11) is 0. The number of halogens is 7. The van der Waals surface area contributed by atoms with E-state index in [1.807, 2.05) is 24.3 Å². The molecule has 0 saturated heterocycles. The smallest absolute Gasteiger partial charge is 0.406 e. The number of para-hydroxylation sites is 1. The number of fused-ring (bicyclic) bond motifs is 1. The van der Waals surface area contributed by atoms with Gasteiger partial charge in [0.1, 0.15) is 5.75 Å². The molecule has 1 aliphatic rings. The molecular weight excluding hydrogens is 540 g/mol. The molecule has 35 heavy (non-hydrogen) atoms. The van der Waals surface area contributed by atoms with E-state index < -0.39 is 36.4 Å². The van der Waals surface area contributed by atoms with E-state index in [-0.39, 0.29) is 13.0 Å². The highest BCUT2D eigenvalue weighted by atomic mass is 79.9. The lowest BCUT2D eigenvalue weighted by atomic mass is 9.71. The highest BCUT2D eigenvalue weighted by Gasteiger charge is 2.47. The molecule has 1 aliphatic heterocycles. The fourth-order valence-electron chi connectivity index (χ4n) is 4.61. The number of β-amino-alcohol motifs (C(OH)–C–C–N with tert-alkyl or cyclic N) is 1. The van der Waals surface area contributed by atoms with Crippen molar-refractivity contribution in [3.63, 3.8) is 0 Å². The van der Waals surface area contributed by atoms with Crippen LogP contribution in [0.25, 0.3) is 0 Å². The highest BCUT2D eigenvalue weighted by Crippen LogP contribution is 2.48. The molecule has 10 heteroatoms. The van der Waals surface area contributed by atoms with Crippen molar-refractivity contribution in [2.45, 2.75) is 30.5 Å². The van der Waals surface area contributed by atoms with Gasteiger partial charge in [-0.15, -0.1) is 13.2 Å². The van der Waals surface area contributed by atoms with Crippen molar-refractivity contribution in [1.82, 2.24) is 0 Å². The highest BCUT2D eigenvalue weighted by molar-refractivity contribution is 9.10. The van der Waals surface area contributed by atoms with Crippen molar-refractivity contribution < 1.29 is 36.2 Å². The van der Waals surface area contributed by atoms with Gasteiger partial charge < -0.3 is 14.7 Å². The average Bonchev–Trinajstić information content (AvgIpc) is 3.06. The quantitative estimate of drug-likeness (QED) is 0.344. The molecule has 3 aromatic carbocycles. The molecule has 2 atom stereocenters. The fourth-order valence-corrected chi connectivity index (χ4v) is 5.06. The summed E-state index contributed by atoms with van der Waals surface area (Å²) in [6, 6.07) is 19.6. The van der Waals surface area contributed by atoms with Gasteiger partial charge in [-0.05, 0) is 53.4 Å². The van der Waals surface area contributed by atoms with Crippen LogP contribution in [0, 0.1) is 0 Å². The number of benzene rings is 3. The Morgan fingerprint density at radius 3 is 2.34 bits per heavy atom. The predicted octanol–water partition coefficient (Wildman–Crippen LogP) is 6.62. The number of anilines is 1. The average molecular weight is 560 g/mol. The molecule has 0 radical (unpaired) electrons. The number of hydrogen-bond donors (Lipinski definition) is 1. The second-order valence-corrected chi connectivity index (χ2v) is 9.34. The van der Waals surface area contributed by atoms with Gasteiger partial charge in [0.15, 0.2) is 6.10 Å². The second-order valence-electron chi connectivity index (χ2n) is 8.42. The first kappa shape index (κ1) is 25.4. The first-order valence-corrected chi connectivity index (χ1v) is 11.4. The van der Waals surface area contributed by atoms with Gasteiger partial charge in [0.05, 0.1) is 6.54 Å². The Hall–Kier alpha value is -2.72. The largest absolute Gasteiger partial charge is 0.573 e. The van der Waals surface area contributed by atoms with Crippen LogP contribution in [-0.4, -0.2) is 36.8 Å². The lowest BCUT2D eigenvalue weighted by molar-refractivity contribution is -0.274. The Labute approximate surface area is 206 Å². The van der Waals surface area contributed by atoms with Crippen molar-refractivity contribution in [1.29, 1.82) is 0 Å². The molecule has 0 aliphatic carbocycles. The van der Waals surface area contributed by atoms with E-state index in [1.165, 1.54) is 23.1 Å². The first-order chi connectivity index (χ1) is 16.4. The van der Waals surface area contributed by atoms with E-state index >= 15 is 0 Å². The third-order valence-corrected chi connectivity index (χ3v) is 6.50. The van der Waals surface area contributed by atoms with E-state index in [2.05, 4.69) is 20.7 Å². The molecule has 3 aromatic rings. The Bertz CT molecular complexity index is 1200. The molecule has 0 spiro atoms. The monoisotopic (exact) mass is 559 g/mol. The molecule has 0 bridgehead atoms. The van der Waals surface area contributed by atoms with E-state index in [4.69, 9.17) is 0 Å². The van der Waals surface area contributed by atoms with Crippen molar-refractivity contribution in [2.75, 3.05) is 18.0 Å². The summed E-state index contributed by atoms with van der Waals surface area (Å²) in [5.41, 5.74) is 1.41. The number of ether oxygens (including phenoxy) is 1. The van der Waals surface area contributed by atoms with E-state index in [0.29, 0.717) is 16.8 Å². The van der Waals surface area contributed by atoms with Crippen molar-refractivity contribution in [3.8, 4) is 5.75 Å². The van der Waals surface area contributed by atoms with Crippen LogP contribution in [0.4, 0.5) is 32.0 Å². The van der Waals surface area contributed by atoms with Crippen molar-refractivity contribution in [3.05, 3.63) is 94.0 Å². The van der Waals surface area contributed by atoms with Crippen LogP contribution >= 0.6 is 15.9 Å². The van der Waals surface area contributed by atoms with Crippen molar-refractivity contribution >= 4 is 21.6 Å². The van der Waals surface area contributed by atoms with Gasteiger partial charge in [-0.2, -0.15) is 13.2 Å². The molecule has 1 N–H and O–H groups in total.